The van der Waals surface area contributed by atoms with Crippen LogP contribution in [-0.4, -0.2) is 53.2 Å². The van der Waals surface area contributed by atoms with Crippen molar-refractivity contribution in [2.24, 2.45) is 0 Å². The Morgan fingerprint density at radius 3 is 3.05 bits per heavy atom. The summed E-state index contributed by atoms with van der Waals surface area (Å²) in [6.45, 7) is 6.32. The molecule has 20 heavy (non-hydrogen) atoms. The van der Waals surface area contributed by atoms with Crippen molar-refractivity contribution >= 4 is 22.4 Å². The number of aromatic nitrogens is 1. The summed E-state index contributed by atoms with van der Waals surface area (Å²) < 4.78 is 0. The number of nitrogens with zero attached hydrogens (tertiary/aromatic N) is 3. The lowest BCUT2D eigenvalue weighted by Gasteiger charge is -2.37. The van der Waals surface area contributed by atoms with Gasteiger partial charge in [-0.2, -0.15) is 0 Å². The van der Waals surface area contributed by atoms with Crippen molar-refractivity contribution in [1.29, 1.82) is 0 Å². The summed E-state index contributed by atoms with van der Waals surface area (Å²) in [6.07, 6.45) is 4.23. The number of hydrogen-bond donors (Lipinski definition) is 1. The van der Waals surface area contributed by atoms with E-state index in [1.165, 1.54) is 30.7 Å². The molecule has 2 aliphatic rings. The molecule has 0 aliphatic carbocycles. The number of anilines is 1. The summed E-state index contributed by atoms with van der Waals surface area (Å²) in [7, 11) is 0. The van der Waals surface area contributed by atoms with Gasteiger partial charge >= 0.3 is 5.97 Å². The first-order valence-electron chi connectivity index (χ1n) is 7.41. The lowest BCUT2D eigenvalue weighted by molar-refractivity contribution is 0.0700. The predicted molar refractivity (Wildman–Crippen MR) is 79.9 cm³/mol. The van der Waals surface area contributed by atoms with Crippen LogP contribution in [0.4, 0.5) is 5.13 Å². The van der Waals surface area contributed by atoms with Gasteiger partial charge in [-0.3, -0.25) is 4.90 Å². The fraction of sp³-hybridized carbons (Fsp3) is 0.714. The number of aromatic carboxylic acids is 1. The van der Waals surface area contributed by atoms with Crippen molar-refractivity contribution in [3.63, 3.8) is 0 Å². The van der Waals surface area contributed by atoms with E-state index in [1.54, 1.807) is 0 Å². The van der Waals surface area contributed by atoms with E-state index >= 15 is 0 Å². The summed E-state index contributed by atoms with van der Waals surface area (Å²) in [5.74, 6) is -0.836. The van der Waals surface area contributed by atoms with Crippen LogP contribution in [0, 0.1) is 0 Å². The zero-order chi connectivity index (χ0) is 14.1. The second kappa shape index (κ2) is 5.69. The Bertz CT molecular complexity index is 503. The van der Waals surface area contributed by atoms with Crippen LogP contribution in [-0.2, 0) is 6.42 Å². The van der Waals surface area contributed by atoms with Crippen LogP contribution in [0.1, 0.15) is 41.6 Å². The Kier molecular flexibility index (Phi) is 3.94. The predicted octanol–water partition coefficient (Wildman–Crippen LogP) is 2.08. The molecule has 0 radical (unpaired) electrons. The lowest BCUT2D eigenvalue weighted by Crippen LogP contribution is -2.50. The van der Waals surface area contributed by atoms with Crippen molar-refractivity contribution in [2.75, 3.05) is 31.1 Å². The topological polar surface area (TPSA) is 56.7 Å². The van der Waals surface area contributed by atoms with Crippen molar-refractivity contribution in [3.05, 3.63) is 10.6 Å². The maximum absolute atomic E-state index is 11.3. The third kappa shape index (κ3) is 2.54. The molecule has 1 unspecified atom stereocenters. The molecule has 110 valence electrons. The zero-order valence-corrected chi connectivity index (χ0v) is 12.7. The third-order valence-corrected chi connectivity index (χ3v) is 5.37. The minimum absolute atomic E-state index is 0.427. The standard InChI is InChI=1S/C14H21N3O2S/c1-2-4-11-12(13(18)19)20-14(15-11)17-8-7-16-6-3-5-10(16)9-17/h10H,2-9H2,1H3,(H,18,19). The second-order valence-corrected chi connectivity index (χ2v) is 6.58. The average molecular weight is 295 g/mol. The molecule has 5 nitrogen and oxygen atoms in total. The van der Waals surface area contributed by atoms with E-state index < -0.39 is 5.97 Å². The van der Waals surface area contributed by atoms with Gasteiger partial charge in [0.2, 0.25) is 0 Å². The number of fused-ring (bicyclic) bond motifs is 1. The zero-order valence-electron chi connectivity index (χ0n) is 11.8. The largest absolute Gasteiger partial charge is 0.477 e. The Morgan fingerprint density at radius 2 is 2.30 bits per heavy atom. The smallest absolute Gasteiger partial charge is 0.347 e. The molecule has 0 bridgehead atoms. The molecule has 0 saturated carbocycles. The lowest BCUT2D eigenvalue weighted by atomic mass is 10.2. The number of thiazole rings is 1. The molecule has 1 atom stereocenters. The highest BCUT2D eigenvalue weighted by Gasteiger charge is 2.32. The molecule has 3 rings (SSSR count). The van der Waals surface area contributed by atoms with Gasteiger partial charge in [0, 0.05) is 25.7 Å². The van der Waals surface area contributed by atoms with Gasteiger partial charge in [-0.15, -0.1) is 0 Å². The summed E-state index contributed by atoms with van der Waals surface area (Å²) in [5, 5.41) is 10.2. The molecule has 2 saturated heterocycles. The number of rotatable bonds is 4. The van der Waals surface area contributed by atoms with E-state index in [9.17, 15) is 9.90 Å². The first-order valence-corrected chi connectivity index (χ1v) is 8.22. The molecule has 0 spiro atoms. The molecule has 1 aromatic heterocycles. The Labute approximate surface area is 123 Å². The molecule has 0 amide bonds. The maximum atomic E-state index is 11.3. The highest BCUT2D eigenvalue weighted by Crippen LogP contribution is 2.31. The van der Waals surface area contributed by atoms with E-state index in [0.29, 0.717) is 10.9 Å². The van der Waals surface area contributed by atoms with Crippen LogP contribution in [0.3, 0.4) is 0 Å². The first-order chi connectivity index (χ1) is 9.69. The molecule has 2 fully saturated rings. The second-order valence-electron chi connectivity index (χ2n) is 5.61. The highest BCUT2D eigenvalue weighted by molar-refractivity contribution is 7.17. The van der Waals surface area contributed by atoms with Crippen molar-refractivity contribution < 1.29 is 9.90 Å². The Hall–Kier alpha value is -1.14. The molecule has 6 heteroatoms. The summed E-state index contributed by atoms with van der Waals surface area (Å²) in [4.78, 5) is 21.2. The number of carboxylic acids is 1. The normalized spacial score (nSPS) is 23.1. The van der Waals surface area contributed by atoms with Crippen LogP contribution in [0.25, 0.3) is 0 Å². The van der Waals surface area contributed by atoms with Gasteiger partial charge in [0.25, 0.3) is 0 Å². The molecule has 1 N–H and O–H groups in total. The number of piperazine rings is 1. The Morgan fingerprint density at radius 1 is 1.45 bits per heavy atom. The van der Waals surface area contributed by atoms with E-state index in [2.05, 4.69) is 21.7 Å². The fourth-order valence-corrected chi connectivity index (χ4v) is 4.20. The number of carboxylic acid groups (broad SMARTS) is 1. The fourth-order valence-electron chi connectivity index (χ4n) is 3.21. The summed E-state index contributed by atoms with van der Waals surface area (Å²) in [6, 6.07) is 0.635. The molecule has 2 aliphatic heterocycles. The maximum Gasteiger partial charge on any atom is 0.347 e. The van der Waals surface area contributed by atoms with Crippen molar-refractivity contribution in [2.45, 2.75) is 38.6 Å². The minimum atomic E-state index is -0.836. The van der Waals surface area contributed by atoms with Gasteiger partial charge in [0.1, 0.15) is 4.88 Å². The van der Waals surface area contributed by atoms with Gasteiger partial charge in [-0.05, 0) is 25.8 Å². The van der Waals surface area contributed by atoms with Crippen molar-refractivity contribution in [1.82, 2.24) is 9.88 Å². The number of aryl methyl sites for hydroxylation is 1. The molecule has 1 aromatic rings. The van der Waals surface area contributed by atoms with Gasteiger partial charge in [0.15, 0.2) is 5.13 Å². The number of hydrogen-bond acceptors (Lipinski definition) is 5. The van der Waals surface area contributed by atoms with E-state index in [4.69, 9.17) is 0 Å². The van der Waals surface area contributed by atoms with Crippen LogP contribution in [0.15, 0.2) is 0 Å². The van der Waals surface area contributed by atoms with Crippen LogP contribution < -0.4 is 4.90 Å². The van der Waals surface area contributed by atoms with Gasteiger partial charge < -0.3 is 10.0 Å². The molecular weight excluding hydrogens is 274 g/mol. The third-order valence-electron chi connectivity index (χ3n) is 4.22. The summed E-state index contributed by atoms with van der Waals surface area (Å²) >= 11 is 1.34. The first kappa shape index (κ1) is 13.8. The quantitative estimate of drug-likeness (QED) is 0.921. The van der Waals surface area contributed by atoms with Crippen LogP contribution >= 0.6 is 11.3 Å². The SMILES string of the molecule is CCCc1nc(N2CCN3CCCC3C2)sc1C(=O)O. The molecule has 3 heterocycles. The van der Waals surface area contributed by atoms with Gasteiger partial charge in [-0.1, -0.05) is 24.7 Å². The Balaban J connectivity index is 1.79. The molecule has 0 aromatic carbocycles. The molecular formula is C14H21N3O2S. The van der Waals surface area contributed by atoms with Crippen LogP contribution in [0.2, 0.25) is 0 Å². The van der Waals surface area contributed by atoms with E-state index in [1.807, 2.05) is 0 Å². The minimum Gasteiger partial charge on any atom is -0.477 e. The van der Waals surface area contributed by atoms with Crippen LogP contribution in [0.5, 0.6) is 0 Å². The summed E-state index contributed by atoms with van der Waals surface area (Å²) in [5.41, 5.74) is 0.758. The van der Waals surface area contributed by atoms with Crippen molar-refractivity contribution in [3.8, 4) is 0 Å². The average Bonchev–Trinajstić information content (AvgIpc) is 3.04. The number of carbonyl (C=O) groups is 1. The van der Waals surface area contributed by atoms with E-state index in [-0.39, 0.29) is 0 Å². The highest BCUT2D eigenvalue weighted by atomic mass is 32.1. The monoisotopic (exact) mass is 295 g/mol. The van der Waals surface area contributed by atoms with E-state index in [0.717, 1.165) is 43.3 Å². The van der Waals surface area contributed by atoms with Gasteiger partial charge in [0.05, 0.1) is 5.69 Å². The van der Waals surface area contributed by atoms with Gasteiger partial charge in [-0.25, -0.2) is 9.78 Å².